The lowest BCUT2D eigenvalue weighted by Gasteiger charge is -2.20. The average Bonchev–Trinajstić information content (AvgIpc) is 3.13. The first-order chi connectivity index (χ1) is 11.8. The van der Waals surface area contributed by atoms with Gasteiger partial charge in [0.2, 0.25) is 5.91 Å². The molecule has 1 N–H and O–H groups in total. The predicted molar refractivity (Wildman–Crippen MR) is 87.4 cm³/mol. The van der Waals surface area contributed by atoms with E-state index in [-0.39, 0.29) is 12.3 Å². The van der Waals surface area contributed by atoms with E-state index in [1.807, 2.05) is 42.5 Å². The molecule has 0 fully saturated rings. The van der Waals surface area contributed by atoms with E-state index in [1.54, 1.807) is 19.4 Å². The highest BCUT2D eigenvalue weighted by Crippen LogP contribution is 2.28. The molecule has 0 aliphatic rings. The van der Waals surface area contributed by atoms with Crippen molar-refractivity contribution < 1.29 is 14.1 Å². The first-order valence-electron chi connectivity index (χ1n) is 7.50. The van der Waals surface area contributed by atoms with E-state index in [4.69, 9.17) is 9.26 Å². The summed E-state index contributed by atoms with van der Waals surface area (Å²) >= 11 is 0. The summed E-state index contributed by atoms with van der Waals surface area (Å²) in [7, 11) is 1.60. The van der Waals surface area contributed by atoms with Gasteiger partial charge in [-0.25, -0.2) is 0 Å². The third kappa shape index (κ3) is 3.60. The molecule has 3 aromatic rings. The van der Waals surface area contributed by atoms with Crippen LogP contribution in [0.25, 0.3) is 0 Å². The summed E-state index contributed by atoms with van der Waals surface area (Å²) in [5.41, 5.74) is 2.15. The second-order valence-corrected chi connectivity index (χ2v) is 5.16. The summed E-state index contributed by atoms with van der Waals surface area (Å²) < 4.78 is 10.2. The van der Waals surface area contributed by atoms with Crippen molar-refractivity contribution >= 4 is 5.91 Å². The van der Waals surface area contributed by atoms with E-state index in [0.717, 1.165) is 11.3 Å². The minimum absolute atomic E-state index is 0.134. The summed E-state index contributed by atoms with van der Waals surface area (Å²) in [5.74, 6) is 0.514. The van der Waals surface area contributed by atoms with Crippen LogP contribution in [0, 0.1) is 0 Å². The summed E-state index contributed by atoms with van der Waals surface area (Å²) in [6, 6.07) is 14.4. The van der Waals surface area contributed by atoms with Crippen molar-refractivity contribution in [2.45, 2.75) is 12.5 Å². The third-order valence-corrected chi connectivity index (χ3v) is 3.57. The molecule has 0 aliphatic carbocycles. The zero-order chi connectivity index (χ0) is 16.8. The second kappa shape index (κ2) is 7.41. The summed E-state index contributed by atoms with van der Waals surface area (Å²) in [6.07, 6.45) is 3.27. The first-order valence-corrected chi connectivity index (χ1v) is 7.50. The molecule has 1 amide bonds. The van der Waals surface area contributed by atoms with Crippen LogP contribution < -0.4 is 10.1 Å². The molecular weight excluding hydrogens is 306 g/mol. The fraction of sp³-hybridized carbons (Fsp3) is 0.167. The van der Waals surface area contributed by atoms with E-state index < -0.39 is 6.04 Å². The number of carbonyl (C=O) groups excluding carboxylic acids is 1. The molecule has 0 aliphatic heterocycles. The number of ether oxygens (including phenoxy) is 1. The van der Waals surface area contributed by atoms with E-state index in [0.29, 0.717) is 11.4 Å². The first kappa shape index (κ1) is 15.7. The number of aromatic nitrogens is 2. The van der Waals surface area contributed by atoms with Gasteiger partial charge in [-0.1, -0.05) is 29.4 Å². The lowest BCUT2D eigenvalue weighted by molar-refractivity contribution is -0.121. The van der Waals surface area contributed by atoms with E-state index in [9.17, 15) is 4.79 Å². The van der Waals surface area contributed by atoms with Gasteiger partial charge in [0.05, 0.1) is 31.0 Å². The van der Waals surface area contributed by atoms with Gasteiger partial charge in [-0.2, -0.15) is 0 Å². The Morgan fingerprint density at radius 1 is 1.21 bits per heavy atom. The van der Waals surface area contributed by atoms with Crippen molar-refractivity contribution in [2.24, 2.45) is 0 Å². The second-order valence-electron chi connectivity index (χ2n) is 5.16. The van der Waals surface area contributed by atoms with E-state index >= 15 is 0 Å². The fourth-order valence-corrected chi connectivity index (χ4v) is 2.47. The van der Waals surface area contributed by atoms with Crippen LogP contribution in [0.2, 0.25) is 0 Å². The van der Waals surface area contributed by atoms with Crippen LogP contribution in [0.5, 0.6) is 5.75 Å². The number of benzene rings is 1. The molecular formula is C18H17N3O3. The maximum absolute atomic E-state index is 12.4. The normalized spacial score (nSPS) is 11.7. The minimum Gasteiger partial charge on any atom is -0.496 e. The minimum atomic E-state index is -0.415. The number of pyridine rings is 1. The molecule has 6 heteroatoms. The number of nitrogens with one attached hydrogen (secondary N) is 1. The molecule has 3 rings (SSSR count). The van der Waals surface area contributed by atoms with Crippen molar-refractivity contribution in [1.29, 1.82) is 0 Å². The molecule has 1 atom stereocenters. The van der Waals surface area contributed by atoms with Crippen LogP contribution >= 0.6 is 0 Å². The Bertz CT molecular complexity index is 788. The maximum atomic E-state index is 12.4. The molecule has 6 nitrogen and oxygen atoms in total. The largest absolute Gasteiger partial charge is 0.496 e. The highest BCUT2D eigenvalue weighted by molar-refractivity contribution is 5.79. The monoisotopic (exact) mass is 323 g/mol. The molecule has 1 aromatic carbocycles. The Hall–Kier alpha value is -3.15. The standard InChI is InChI=1S/C18H17N3O3/c1-23-16-8-3-2-6-14(16)18(15-7-4-5-10-19-15)20-17(22)12-13-9-11-24-21-13/h2-11,18H,12H2,1H3,(H,20,22). The van der Waals surface area contributed by atoms with Crippen LogP contribution in [0.1, 0.15) is 23.0 Å². The molecule has 0 saturated carbocycles. The lowest BCUT2D eigenvalue weighted by Crippen LogP contribution is -2.31. The maximum Gasteiger partial charge on any atom is 0.226 e. The summed E-state index contributed by atoms with van der Waals surface area (Å²) in [6.45, 7) is 0. The van der Waals surface area contributed by atoms with Crippen LogP contribution in [-0.4, -0.2) is 23.2 Å². The number of amides is 1. The van der Waals surface area contributed by atoms with Crippen LogP contribution in [0.3, 0.4) is 0 Å². The number of carbonyl (C=O) groups is 1. The van der Waals surface area contributed by atoms with E-state index in [2.05, 4.69) is 15.5 Å². The van der Waals surface area contributed by atoms with Gasteiger partial charge in [0.25, 0.3) is 0 Å². The third-order valence-electron chi connectivity index (χ3n) is 3.57. The number of para-hydroxylation sites is 1. The summed E-state index contributed by atoms with van der Waals surface area (Å²) in [5, 5.41) is 6.77. The zero-order valence-electron chi connectivity index (χ0n) is 13.2. The van der Waals surface area contributed by atoms with Crippen molar-refractivity contribution in [3.05, 3.63) is 77.9 Å². The number of hydrogen-bond donors (Lipinski definition) is 1. The smallest absolute Gasteiger partial charge is 0.226 e. The van der Waals surface area contributed by atoms with Gasteiger partial charge in [0, 0.05) is 17.8 Å². The Morgan fingerprint density at radius 3 is 2.75 bits per heavy atom. The van der Waals surface area contributed by atoms with Gasteiger partial charge in [0.1, 0.15) is 12.0 Å². The molecule has 2 heterocycles. The van der Waals surface area contributed by atoms with Crippen LogP contribution in [-0.2, 0) is 11.2 Å². The lowest BCUT2D eigenvalue weighted by atomic mass is 10.0. The number of methoxy groups -OCH3 is 1. The molecule has 24 heavy (non-hydrogen) atoms. The average molecular weight is 323 g/mol. The molecule has 122 valence electrons. The van der Waals surface area contributed by atoms with Gasteiger partial charge in [0.15, 0.2) is 0 Å². The van der Waals surface area contributed by atoms with Gasteiger partial charge in [-0.15, -0.1) is 0 Å². The quantitative estimate of drug-likeness (QED) is 0.754. The molecule has 2 aromatic heterocycles. The molecule has 0 radical (unpaired) electrons. The Morgan fingerprint density at radius 2 is 2.04 bits per heavy atom. The van der Waals surface area contributed by atoms with Crippen molar-refractivity contribution in [3.63, 3.8) is 0 Å². The van der Waals surface area contributed by atoms with Gasteiger partial charge < -0.3 is 14.6 Å². The molecule has 0 bridgehead atoms. The van der Waals surface area contributed by atoms with Gasteiger partial charge in [-0.05, 0) is 18.2 Å². The van der Waals surface area contributed by atoms with Crippen LogP contribution in [0.4, 0.5) is 0 Å². The fourth-order valence-electron chi connectivity index (χ4n) is 2.47. The zero-order valence-corrected chi connectivity index (χ0v) is 13.2. The number of rotatable bonds is 6. The Kier molecular flexibility index (Phi) is 4.86. The van der Waals surface area contributed by atoms with Crippen molar-refractivity contribution in [2.75, 3.05) is 7.11 Å². The van der Waals surface area contributed by atoms with Crippen molar-refractivity contribution in [3.8, 4) is 5.75 Å². The molecule has 0 spiro atoms. The highest BCUT2D eigenvalue weighted by atomic mass is 16.5. The molecule has 0 saturated heterocycles. The van der Waals surface area contributed by atoms with Crippen molar-refractivity contribution in [1.82, 2.24) is 15.5 Å². The Labute approximate surface area is 139 Å². The van der Waals surface area contributed by atoms with Gasteiger partial charge in [-0.3, -0.25) is 9.78 Å². The van der Waals surface area contributed by atoms with E-state index in [1.165, 1.54) is 6.26 Å². The molecule has 1 unspecified atom stereocenters. The Balaban J connectivity index is 1.89. The van der Waals surface area contributed by atoms with Gasteiger partial charge >= 0.3 is 0 Å². The number of nitrogens with zero attached hydrogens (tertiary/aromatic N) is 2. The topological polar surface area (TPSA) is 77.2 Å². The number of hydrogen-bond acceptors (Lipinski definition) is 5. The summed E-state index contributed by atoms with van der Waals surface area (Å²) in [4.78, 5) is 16.8. The highest BCUT2D eigenvalue weighted by Gasteiger charge is 2.21. The predicted octanol–water partition coefficient (Wildman–Crippen LogP) is 2.53. The van der Waals surface area contributed by atoms with Crippen LogP contribution in [0.15, 0.2) is 65.5 Å². The SMILES string of the molecule is COc1ccccc1C(NC(=O)Cc1ccon1)c1ccccn1.